The van der Waals surface area contributed by atoms with Crippen molar-refractivity contribution in [1.29, 1.82) is 0 Å². The van der Waals surface area contributed by atoms with Gasteiger partial charge in [-0.15, -0.1) is 0 Å². The Kier molecular flexibility index (Phi) is 6.66. The van der Waals surface area contributed by atoms with E-state index in [9.17, 15) is 24.1 Å². The lowest BCUT2D eigenvalue weighted by atomic mass is 10.1. The monoisotopic (exact) mass is 401 g/mol. The highest BCUT2D eigenvalue weighted by Gasteiger charge is 2.17. The van der Waals surface area contributed by atoms with Crippen LogP contribution in [0.1, 0.15) is 26.3 Å². The molecule has 0 fully saturated rings. The molecule has 0 aliphatic heterocycles. The number of halogens is 1. The van der Waals surface area contributed by atoms with Crippen molar-refractivity contribution < 1.29 is 23.6 Å². The summed E-state index contributed by atoms with van der Waals surface area (Å²) in [5.74, 6) is -1.41. The Hall–Kier alpha value is -3.75. The van der Waals surface area contributed by atoms with Crippen molar-refractivity contribution in [2.24, 2.45) is 0 Å². The molecule has 0 radical (unpaired) electrons. The lowest BCUT2D eigenvalue weighted by molar-refractivity contribution is -0.385. The number of ether oxygens (including phenoxy) is 1. The highest BCUT2D eigenvalue weighted by atomic mass is 19.1. The summed E-state index contributed by atoms with van der Waals surface area (Å²) >= 11 is 0. The largest absolute Gasteiger partial charge is 0.444 e. The van der Waals surface area contributed by atoms with E-state index in [0.717, 1.165) is 12.1 Å². The Morgan fingerprint density at radius 1 is 1.14 bits per heavy atom. The Balaban J connectivity index is 2.10. The molecule has 2 N–H and O–H groups in total. The number of para-hydroxylation sites is 1. The third-order valence-corrected chi connectivity index (χ3v) is 3.42. The lowest BCUT2D eigenvalue weighted by Crippen LogP contribution is -2.27. The molecule has 0 aliphatic carbocycles. The maximum Gasteiger partial charge on any atom is 0.412 e. The topological polar surface area (TPSA) is 111 Å². The maximum atomic E-state index is 14.0. The molecule has 0 unspecified atom stereocenters. The van der Waals surface area contributed by atoms with Gasteiger partial charge in [-0.2, -0.15) is 0 Å². The fraction of sp³-hybridized carbons (Fsp3) is 0.200. The van der Waals surface area contributed by atoms with Gasteiger partial charge in [-0.1, -0.05) is 12.1 Å². The predicted octanol–water partition coefficient (Wildman–Crippen LogP) is 4.73. The van der Waals surface area contributed by atoms with Gasteiger partial charge in [0.15, 0.2) is 0 Å². The first-order valence-corrected chi connectivity index (χ1v) is 8.57. The molecule has 9 heteroatoms. The first-order chi connectivity index (χ1) is 13.5. The van der Waals surface area contributed by atoms with Gasteiger partial charge in [-0.05, 0) is 51.1 Å². The van der Waals surface area contributed by atoms with Gasteiger partial charge in [-0.25, -0.2) is 9.18 Å². The first kappa shape index (κ1) is 21.5. The molecule has 0 aromatic heterocycles. The first-order valence-electron chi connectivity index (χ1n) is 8.57. The van der Waals surface area contributed by atoms with E-state index in [1.54, 1.807) is 26.8 Å². The van der Waals surface area contributed by atoms with Crippen LogP contribution < -0.4 is 10.6 Å². The molecule has 0 heterocycles. The zero-order chi connectivity index (χ0) is 21.6. The quantitative estimate of drug-likeness (QED) is 0.427. The third kappa shape index (κ3) is 6.73. The van der Waals surface area contributed by atoms with Gasteiger partial charge < -0.3 is 10.1 Å². The van der Waals surface area contributed by atoms with Gasteiger partial charge in [0, 0.05) is 17.8 Å². The Bertz CT molecular complexity index is 967. The number of amides is 2. The minimum atomic E-state index is -0.724. The molecule has 2 aromatic rings. The van der Waals surface area contributed by atoms with Gasteiger partial charge in [0.25, 0.3) is 5.69 Å². The summed E-state index contributed by atoms with van der Waals surface area (Å²) in [5, 5.41) is 15.8. The van der Waals surface area contributed by atoms with E-state index in [1.807, 2.05) is 0 Å². The molecule has 0 atom stereocenters. The highest BCUT2D eigenvalue weighted by molar-refractivity contribution is 6.02. The second-order valence-electron chi connectivity index (χ2n) is 6.96. The van der Waals surface area contributed by atoms with Gasteiger partial charge in [-0.3, -0.25) is 20.2 Å². The molecule has 2 aromatic carbocycles. The maximum absolute atomic E-state index is 14.0. The van der Waals surface area contributed by atoms with Crippen molar-refractivity contribution in [1.82, 2.24) is 0 Å². The SMILES string of the molecule is CC(C)(C)OC(=O)Nc1ccc(F)c(NC(=O)/C=C/c2ccccc2[N+](=O)[O-])c1. The fourth-order valence-corrected chi connectivity index (χ4v) is 2.25. The second kappa shape index (κ2) is 8.96. The van der Waals surface area contributed by atoms with Crippen LogP contribution in [0.3, 0.4) is 0 Å². The van der Waals surface area contributed by atoms with E-state index in [1.165, 1.54) is 36.4 Å². The van der Waals surface area contributed by atoms with Crippen LogP contribution in [0.2, 0.25) is 0 Å². The van der Waals surface area contributed by atoms with Crippen LogP contribution in [0, 0.1) is 15.9 Å². The molecule has 0 spiro atoms. The number of carbonyl (C=O) groups excluding carboxylic acids is 2. The summed E-state index contributed by atoms with van der Waals surface area (Å²) in [6, 6.07) is 9.52. The molecular weight excluding hydrogens is 381 g/mol. The van der Waals surface area contributed by atoms with Crippen molar-refractivity contribution in [2.45, 2.75) is 26.4 Å². The average Bonchev–Trinajstić information content (AvgIpc) is 2.61. The molecule has 2 amide bonds. The van der Waals surface area contributed by atoms with Crippen LogP contribution in [0.5, 0.6) is 0 Å². The number of nitrogens with zero attached hydrogens (tertiary/aromatic N) is 1. The Morgan fingerprint density at radius 2 is 1.83 bits per heavy atom. The van der Waals surface area contributed by atoms with Crippen LogP contribution >= 0.6 is 0 Å². The van der Waals surface area contributed by atoms with E-state index in [4.69, 9.17) is 4.74 Å². The van der Waals surface area contributed by atoms with E-state index < -0.39 is 28.3 Å². The molecule has 0 bridgehead atoms. The fourth-order valence-electron chi connectivity index (χ4n) is 2.25. The van der Waals surface area contributed by atoms with E-state index >= 15 is 0 Å². The molecular formula is C20H20FN3O5. The number of hydrogen-bond donors (Lipinski definition) is 2. The smallest absolute Gasteiger partial charge is 0.412 e. The normalized spacial score (nSPS) is 11.2. The number of carbonyl (C=O) groups is 2. The number of hydrogen-bond acceptors (Lipinski definition) is 5. The van der Waals surface area contributed by atoms with Gasteiger partial charge in [0.2, 0.25) is 5.91 Å². The van der Waals surface area contributed by atoms with E-state index in [2.05, 4.69) is 10.6 Å². The average molecular weight is 401 g/mol. The summed E-state index contributed by atoms with van der Waals surface area (Å²) in [5.41, 5.74) is -0.583. The molecule has 8 nitrogen and oxygen atoms in total. The van der Waals surface area contributed by atoms with Crippen LogP contribution in [-0.2, 0) is 9.53 Å². The van der Waals surface area contributed by atoms with Crippen molar-refractivity contribution in [3.63, 3.8) is 0 Å². The standard InChI is InChI=1S/C20H20FN3O5/c1-20(2,3)29-19(26)22-14-9-10-15(21)16(12-14)23-18(25)11-8-13-6-4-5-7-17(13)24(27)28/h4-12H,1-3H3,(H,22,26)(H,23,25)/b11-8+. The highest BCUT2D eigenvalue weighted by Crippen LogP contribution is 2.22. The second-order valence-corrected chi connectivity index (χ2v) is 6.96. The van der Waals surface area contributed by atoms with Crippen LogP contribution in [-0.4, -0.2) is 22.5 Å². The predicted molar refractivity (Wildman–Crippen MR) is 107 cm³/mol. The summed E-state index contributed by atoms with van der Waals surface area (Å²) in [7, 11) is 0. The number of anilines is 2. The third-order valence-electron chi connectivity index (χ3n) is 3.42. The van der Waals surface area contributed by atoms with Crippen LogP contribution in [0.15, 0.2) is 48.5 Å². The summed E-state index contributed by atoms with van der Waals surface area (Å²) in [6.45, 7) is 5.10. The van der Waals surface area contributed by atoms with Crippen molar-refractivity contribution in [2.75, 3.05) is 10.6 Å². The zero-order valence-corrected chi connectivity index (χ0v) is 16.1. The number of nitrogens with one attached hydrogen (secondary N) is 2. The number of nitro benzene ring substituents is 1. The number of nitro groups is 1. The molecule has 2 rings (SSSR count). The molecule has 0 saturated carbocycles. The number of benzene rings is 2. The summed E-state index contributed by atoms with van der Waals surface area (Å²) in [6.07, 6.45) is 1.59. The van der Waals surface area contributed by atoms with Crippen molar-refractivity contribution >= 4 is 35.1 Å². The van der Waals surface area contributed by atoms with Gasteiger partial charge in [0.05, 0.1) is 16.2 Å². The van der Waals surface area contributed by atoms with Crippen LogP contribution in [0.25, 0.3) is 6.08 Å². The minimum absolute atomic E-state index is 0.161. The Labute approximate surface area is 166 Å². The molecule has 29 heavy (non-hydrogen) atoms. The van der Waals surface area contributed by atoms with Crippen LogP contribution in [0.4, 0.5) is 26.2 Å². The van der Waals surface area contributed by atoms with Gasteiger partial charge in [0.1, 0.15) is 11.4 Å². The van der Waals surface area contributed by atoms with Crippen molar-refractivity contribution in [3.8, 4) is 0 Å². The van der Waals surface area contributed by atoms with Gasteiger partial charge >= 0.3 is 6.09 Å². The molecule has 152 valence electrons. The number of rotatable bonds is 5. The Morgan fingerprint density at radius 3 is 2.48 bits per heavy atom. The lowest BCUT2D eigenvalue weighted by Gasteiger charge is -2.19. The zero-order valence-electron chi connectivity index (χ0n) is 16.1. The summed E-state index contributed by atoms with van der Waals surface area (Å²) < 4.78 is 19.1. The van der Waals surface area contributed by atoms with Crippen molar-refractivity contribution in [3.05, 3.63) is 70.0 Å². The summed E-state index contributed by atoms with van der Waals surface area (Å²) in [4.78, 5) is 34.3. The molecule has 0 aliphatic rings. The molecule has 0 saturated heterocycles. The van der Waals surface area contributed by atoms with E-state index in [0.29, 0.717) is 0 Å². The van der Waals surface area contributed by atoms with E-state index in [-0.39, 0.29) is 22.6 Å². The minimum Gasteiger partial charge on any atom is -0.444 e.